The van der Waals surface area contributed by atoms with Crippen molar-refractivity contribution < 1.29 is 12.8 Å². The van der Waals surface area contributed by atoms with Gasteiger partial charge < -0.3 is 5.73 Å². The number of anilines is 2. The highest BCUT2D eigenvalue weighted by molar-refractivity contribution is 7.92. The number of nitrogens with zero attached hydrogens (tertiary/aromatic N) is 1. The van der Waals surface area contributed by atoms with E-state index < -0.39 is 15.8 Å². The fraction of sp³-hybridized carbons (Fsp3) is 0. The van der Waals surface area contributed by atoms with E-state index in [1.54, 1.807) is 6.07 Å². The van der Waals surface area contributed by atoms with Crippen molar-refractivity contribution in [3.63, 3.8) is 0 Å². The number of halogens is 2. The molecular formula is C13H9ClFN3O2S. The minimum atomic E-state index is -3.97. The minimum absolute atomic E-state index is 0.0369. The molecule has 3 N–H and O–H groups in total. The van der Waals surface area contributed by atoms with E-state index >= 15 is 0 Å². The Hall–Kier alpha value is -2.30. The molecule has 2 aromatic carbocycles. The number of sulfonamides is 1. The van der Waals surface area contributed by atoms with Crippen molar-refractivity contribution in [2.24, 2.45) is 0 Å². The number of nitrogen functional groups attached to an aromatic ring is 1. The molecule has 0 amide bonds. The summed E-state index contributed by atoms with van der Waals surface area (Å²) in [6, 6.07) is 8.89. The predicted molar refractivity (Wildman–Crippen MR) is 77.8 cm³/mol. The van der Waals surface area contributed by atoms with Crippen molar-refractivity contribution in [3.8, 4) is 6.07 Å². The average Bonchev–Trinajstić information content (AvgIpc) is 2.40. The van der Waals surface area contributed by atoms with Gasteiger partial charge in [-0.25, -0.2) is 12.8 Å². The van der Waals surface area contributed by atoms with Gasteiger partial charge in [-0.2, -0.15) is 5.26 Å². The van der Waals surface area contributed by atoms with Crippen LogP contribution in [0.1, 0.15) is 5.56 Å². The van der Waals surface area contributed by atoms with Crippen LogP contribution in [0.15, 0.2) is 41.3 Å². The second-order valence-electron chi connectivity index (χ2n) is 4.10. The van der Waals surface area contributed by atoms with Crippen molar-refractivity contribution in [3.05, 3.63) is 52.8 Å². The molecule has 0 aliphatic carbocycles. The fourth-order valence-electron chi connectivity index (χ4n) is 1.62. The third-order valence-electron chi connectivity index (χ3n) is 2.58. The third-order valence-corrected chi connectivity index (χ3v) is 4.45. The van der Waals surface area contributed by atoms with Crippen LogP contribution in [-0.2, 0) is 10.0 Å². The first-order valence-corrected chi connectivity index (χ1v) is 7.47. The van der Waals surface area contributed by atoms with E-state index in [1.165, 1.54) is 24.3 Å². The van der Waals surface area contributed by atoms with Gasteiger partial charge in [-0.05, 0) is 36.4 Å². The lowest BCUT2D eigenvalue weighted by Crippen LogP contribution is -2.13. The minimum Gasteiger partial charge on any atom is -0.399 e. The SMILES string of the molecule is N#Cc1cc(NS(=O)(=O)c2ccc(N)cc2Cl)ccc1F. The van der Waals surface area contributed by atoms with Crippen LogP contribution in [-0.4, -0.2) is 8.42 Å². The van der Waals surface area contributed by atoms with E-state index in [0.29, 0.717) is 5.69 Å². The molecular weight excluding hydrogens is 317 g/mol. The molecule has 108 valence electrons. The van der Waals surface area contributed by atoms with Gasteiger partial charge in [0.25, 0.3) is 10.0 Å². The van der Waals surface area contributed by atoms with Crippen molar-refractivity contribution in [2.45, 2.75) is 4.90 Å². The number of nitrogens with one attached hydrogen (secondary N) is 1. The standard InChI is InChI=1S/C13H9ClFN3O2S/c14-11-6-9(17)1-4-13(11)21(19,20)18-10-2-3-12(15)8(5-10)7-16/h1-6,18H,17H2. The number of hydrogen-bond donors (Lipinski definition) is 2. The fourth-order valence-corrected chi connectivity index (χ4v) is 3.22. The molecule has 0 aliphatic heterocycles. The lowest BCUT2D eigenvalue weighted by atomic mass is 10.2. The molecule has 0 fully saturated rings. The van der Waals surface area contributed by atoms with E-state index in [2.05, 4.69) is 4.72 Å². The van der Waals surface area contributed by atoms with Crippen LogP contribution >= 0.6 is 11.6 Å². The first kappa shape index (κ1) is 15.1. The first-order chi connectivity index (χ1) is 9.83. The van der Waals surface area contributed by atoms with Gasteiger partial charge in [0.05, 0.1) is 16.3 Å². The van der Waals surface area contributed by atoms with Crippen molar-refractivity contribution >= 4 is 33.0 Å². The molecule has 0 radical (unpaired) electrons. The normalized spacial score (nSPS) is 10.9. The van der Waals surface area contributed by atoms with E-state index in [0.717, 1.165) is 12.1 Å². The Morgan fingerprint density at radius 2 is 1.95 bits per heavy atom. The maximum absolute atomic E-state index is 13.2. The van der Waals surface area contributed by atoms with E-state index in [4.69, 9.17) is 22.6 Å². The number of hydrogen-bond acceptors (Lipinski definition) is 4. The molecule has 0 aromatic heterocycles. The molecule has 0 atom stereocenters. The van der Waals surface area contributed by atoms with Gasteiger partial charge in [-0.3, -0.25) is 4.72 Å². The summed E-state index contributed by atoms with van der Waals surface area (Å²) in [5.74, 6) is -0.731. The van der Waals surface area contributed by atoms with Crippen LogP contribution in [0.3, 0.4) is 0 Å². The predicted octanol–water partition coefficient (Wildman–Crippen LogP) is 2.73. The number of nitrogens with two attached hydrogens (primary N) is 1. The highest BCUT2D eigenvalue weighted by atomic mass is 35.5. The van der Waals surface area contributed by atoms with Crippen LogP contribution in [0.4, 0.5) is 15.8 Å². The van der Waals surface area contributed by atoms with Crippen LogP contribution in [0.2, 0.25) is 5.02 Å². The van der Waals surface area contributed by atoms with Gasteiger partial charge >= 0.3 is 0 Å². The summed E-state index contributed by atoms with van der Waals surface area (Å²) in [6.07, 6.45) is 0. The van der Waals surface area contributed by atoms with Crippen molar-refractivity contribution in [1.82, 2.24) is 0 Å². The number of benzene rings is 2. The molecule has 5 nitrogen and oxygen atoms in total. The van der Waals surface area contributed by atoms with Crippen LogP contribution in [0.25, 0.3) is 0 Å². The Bertz CT molecular complexity index is 847. The average molecular weight is 326 g/mol. The zero-order valence-corrected chi connectivity index (χ0v) is 12.0. The quantitative estimate of drug-likeness (QED) is 0.848. The molecule has 0 heterocycles. The van der Waals surface area contributed by atoms with Crippen molar-refractivity contribution in [1.29, 1.82) is 5.26 Å². The van der Waals surface area contributed by atoms with Crippen LogP contribution in [0.5, 0.6) is 0 Å². The van der Waals surface area contributed by atoms with Gasteiger partial charge in [0.1, 0.15) is 16.8 Å². The summed E-state index contributed by atoms with van der Waals surface area (Å²) in [4.78, 5) is -0.166. The first-order valence-electron chi connectivity index (χ1n) is 5.61. The Morgan fingerprint density at radius 1 is 1.24 bits per heavy atom. The molecule has 21 heavy (non-hydrogen) atoms. The van der Waals surface area contributed by atoms with Gasteiger partial charge in [0, 0.05) is 5.69 Å². The Kier molecular flexibility index (Phi) is 4.02. The molecule has 2 aromatic rings. The largest absolute Gasteiger partial charge is 0.399 e. The number of nitriles is 1. The third kappa shape index (κ3) is 3.24. The maximum atomic E-state index is 13.2. The summed E-state index contributed by atoms with van der Waals surface area (Å²) in [7, 11) is -3.97. The lowest BCUT2D eigenvalue weighted by molar-refractivity contribution is 0.601. The summed E-state index contributed by atoms with van der Waals surface area (Å²) < 4.78 is 39.8. The highest BCUT2D eigenvalue weighted by Gasteiger charge is 2.18. The van der Waals surface area contributed by atoms with Crippen LogP contribution < -0.4 is 10.5 Å². The Balaban J connectivity index is 2.40. The Labute approximate surface area is 125 Å². The van der Waals surface area contributed by atoms with E-state index in [9.17, 15) is 12.8 Å². The molecule has 0 unspecified atom stereocenters. The van der Waals surface area contributed by atoms with Gasteiger partial charge in [0.2, 0.25) is 0 Å². The van der Waals surface area contributed by atoms with E-state index in [-0.39, 0.29) is 21.2 Å². The molecule has 0 saturated carbocycles. The second-order valence-corrected chi connectivity index (χ2v) is 6.16. The summed E-state index contributed by atoms with van der Waals surface area (Å²) in [5, 5.41) is 8.69. The Morgan fingerprint density at radius 3 is 2.57 bits per heavy atom. The summed E-state index contributed by atoms with van der Waals surface area (Å²) in [6.45, 7) is 0. The molecule has 8 heteroatoms. The molecule has 0 aliphatic rings. The van der Waals surface area contributed by atoms with Crippen LogP contribution in [0, 0.1) is 17.1 Å². The molecule has 2 rings (SSSR count). The molecule has 0 spiro atoms. The monoisotopic (exact) mass is 325 g/mol. The smallest absolute Gasteiger partial charge is 0.263 e. The summed E-state index contributed by atoms with van der Waals surface area (Å²) >= 11 is 5.85. The van der Waals surface area contributed by atoms with Gasteiger partial charge in [-0.1, -0.05) is 11.6 Å². The lowest BCUT2D eigenvalue weighted by Gasteiger charge is -2.10. The van der Waals surface area contributed by atoms with E-state index in [1.807, 2.05) is 0 Å². The zero-order valence-electron chi connectivity index (χ0n) is 10.5. The number of rotatable bonds is 3. The molecule has 0 bridgehead atoms. The second kappa shape index (κ2) is 5.60. The zero-order chi connectivity index (χ0) is 15.6. The van der Waals surface area contributed by atoms with Gasteiger partial charge in [-0.15, -0.1) is 0 Å². The van der Waals surface area contributed by atoms with Gasteiger partial charge in [0.15, 0.2) is 0 Å². The topological polar surface area (TPSA) is 96.0 Å². The van der Waals surface area contributed by atoms with Crippen molar-refractivity contribution in [2.75, 3.05) is 10.5 Å². The molecule has 0 saturated heterocycles. The maximum Gasteiger partial charge on any atom is 0.263 e. The summed E-state index contributed by atoms with van der Waals surface area (Å²) in [5.41, 5.74) is 5.62. The highest BCUT2D eigenvalue weighted by Crippen LogP contribution is 2.26.